The summed E-state index contributed by atoms with van der Waals surface area (Å²) < 4.78 is 4.67. The zero-order valence-electron chi connectivity index (χ0n) is 8.43. The number of ether oxygens (including phenoxy) is 1. The number of nitriles is 1. The second-order valence-corrected chi connectivity index (χ2v) is 4.62. The molecule has 1 atom stereocenters. The van der Waals surface area contributed by atoms with E-state index < -0.39 is 0 Å². The highest BCUT2D eigenvalue weighted by Crippen LogP contribution is 2.18. The van der Waals surface area contributed by atoms with E-state index in [1.807, 2.05) is 23.6 Å². The summed E-state index contributed by atoms with van der Waals surface area (Å²) in [6.07, 6.45) is 0.645. The molecule has 84 valence electrons. The normalized spacial score (nSPS) is 11.5. The van der Waals surface area contributed by atoms with Crippen LogP contribution in [0.15, 0.2) is 24.3 Å². The summed E-state index contributed by atoms with van der Waals surface area (Å²) in [5.74, 6) is 0. The fourth-order valence-corrected chi connectivity index (χ4v) is 2.07. The number of nitrogens with zero attached hydrogens (tertiary/aromatic N) is 1. The molecular formula is C11H10ClNO2S. The minimum absolute atomic E-state index is 0.0614. The topological polar surface area (TPSA) is 50.1 Å². The standard InChI is InChI=1S/C11H10ClNO2S/c12-10-3-1-2-9(4-10)5-11(16-7-13)6-15-8-14/h1-4,8,11H,5-6H2/t11-/m0/s1. The van der Waals surface area contributed by atoms with Gasteiger partial charge in [0, 0.05) is 5.02 Å². The third-order valence-corrected chi connectivity index (χ3v) is 2.90. The summed E-state index contributed by atoms with van der Waals surface area (Å²) >= 11 is 6.95. The number of carbonyl (C=O) groups excluding carboxylic acids is 1. The average Bonchev–Trinajstić information content (AvgIpc) is 2.26. The van der Waals surface area contributed by atoms with Crippen molar-refractivity contribution in [3.63, 3.8) is 0 Å². The Hall–Kier alpha value is -1.18. The Labute approximate surface area is 103 Å². The van der Waals surface area contributed by atoms with Gasteiger partial charge in [0.05, 0.1) is 5.25 Å². The lowest BCUT2D eigenvalue weighted by atomic mass is 10.1. The van der Waals surface area contributed by atoms with E-state index in [1.54, 1.807) is 6.07 Å². The molecule has 5 heteroatoms. The maximum atomic E-state index is 10.1. The van der Waals surface area contributed by atoms with E-state index in [1.165, 1.54) is 0 Å². The van der Waals surface area contributed by atoms with Crippen molar-refractivity contribution < 1.29 is 9.53 Å². The fourth-order valence-electron chi connectivity index (χ4n) is 1.28. The van der Waals surface area contributed by atoms with Crippen molar-refractivity contribution in [3.05, 3.63) is 34.9 Å². The molecule has 1 aromatic carbocycles. The van der Waals surface area contributed by atoms with Crippen molar-refractivity contribution >= 4 is 29.8 Å². The molecular weight excluding hydrogens is 246 g/mol. The Kier molecular flexibility index (Phi) is 5.76. The summed E-state index contributed by atoms with van der Waals surface area (Å²) in [4.78, 5) is 10.1. The zero-order valence-corrected chi connectivity index (χ0v) is 10.0. The molecule has 0 aliphatic heterocycles. The van der Waals surface area contributed by atoms with E-state index in [-0.39, 0.29) is 11.9 Å². The van der Waals surface area contributed by atoms with Crippen molar-refractivity contribution in [3.8, 4) is 5.40 Å². The summed E-state index contributed by atoms with van der Waals surface area (Å²) in [5, 5.41) is 11.2. The van der Waals surface area contributed by atoms with E-state index >= 15 is 0 Å². The van der Waals surface area contributed by atoms with Crippen LogP contribution < -0.4 is 0 Å². The van der Waals surface area contributed by atoms with Gasteiger partial charge in [-0.15, -0.1) is 0 Å². The first-order valence-electron chi connectivity index (χ1n) is 4.60. The lowest BCUT2D eigenvalue weighted by molar-refractivity contribution is -0.128. The summed E-state index contributed by atoms with van der Waals surface area (Å²) in [6, 6.07) is 7.41. The molecule has 0 aromatic heterocycles. The van der Waals surface area contributed by atoms with Gasteiger partial charge in [0.25, 0.3) is 6.47 Å². The van der Waals surface area contributed by atoms with Gasteiger partial charge in [0.2, 0.25) is 0 Å². The van der Waals surface area contributed by atoms with E-state index in [0.29, 0.717) is 17.9 Å². The smallest absolute Gasteiger partial charge is 0.293 e. The average molecular weight is 256 g/mol. The molecule has 0 spiro atoms. The van der Waals surface area contributed by atoms with Crippen LogP contribution in [0.5, 0.6) is 0 Å². The molecule has 0 fully saturated rings. The van der Waals surface area contributed by atoms with Gasteiger partial charge in [-0.3, -0.25) is 4.79 Å². The first kappa shape index (κ1) is 12.9. The van der Waals surface area contributed by atoms with Crippen LogP contribution in [-0.2, 0) is 16.0 Å². The van der Waals surface area contributed by atoms with Crippen LogP contribution in [0.2, 0.25) is 5.02 Å². The number of benzene rings is 1. The fraction of sp³-hybridized carbons (Fsp3) is 0.273. The van der Waals surface area contributed by atoms with Gasteiger partial charge in [-0.2, -0.15) is 5.26 Å². The Morgan fingerprint density at radius 2 is 2.44 bits per heavy atom. The molecule has 0 saturated carbocycles. The van der Waals surface area contributed by atoms with Gasteiger partial charge in [0.15, 0.2) is 0 Å². The molecule has 0 bridgehead atoms. The summed E-state index contributed by atoms with van der Waals surface area (Å²) in [7, 11) is 0. The van der Waals surface area contributed by atoms with Gasteiger partial charge in [0.1, 0.15) is 12.0 Å². The molecule has 0 N–H and O–H groups in total. The molecule has 1 rings (SSSR count). The maximum Gasteiger partial charge on any atom is 0.293 e. The van der Waals surface area contributed by atoms with Crippen LogP contribution in [0.1, 0.15) is 5.56 Å². The van der Waals surface area contributed by atoms with E-state index in [9.17, 15) is 4.79 Å². The molecule has 0 aliphatic carbocycles. The monoisotopic (exact) mass is 255 g/mol. The van der Waals surface area contributed by atoms with Gasteiger partial charge < -0.3 is 4.74 Å². The van der Waals surface area contributed by atoms with Gasteiger partial charge >= 0.3 is 0 Å². The van der Waals surface area contributed by atoms with Crippen molar-refractivity contribution in [2.24, 2.45) is 0 Å². The SMILES string of the molecule is N#CS[C@H](COC=O)Cc1cccc(Cl)c1. The molecule has 0 saturated heterocycles. The van der Waals surface area contributed by atoms with Crippen molar-refractivity contribution in [1.29, 1.82) is 5.26 Å². The Morgan fingerprint density at radius 3 is 3.06 bits per heavy atom. The van der Waals surface area contributed by atoms with Crippen LogP contribution in [0.4, 0.5) is 0 Å². The van der Waals surface area contributed by atoms with Crippen LogP contribution in [-0.4, -0.2) is 18.3 Å². The van der Waals surface area contributed by atoms with E-state index in [0.717, 1.165) is 17.3 Å². The summed E-state index contributed by atoms with van der Waals surface area (Å²) in [5.41, 5.74) is 1.02. The summed E-state index contributed by atoms with van der Waals surface area (Å²) in [6.45, 7) is 0.622. The Balaban J connectivity index is 2.60. The number of hydrogen-bond acceptors (Lipinski definition) is 4. The number of thioether (sulfide) groups is 1. The van der Waals surface area contributed by atoms with Crippen LogP contribution in [0, 0.1) is 10.7 Å². The third-order valence-electron chi connectivity index (χ3n) is 1.92. The van der Waals surface area contributed by atoms with E-state index in [4.69, 9.17) is 16.9 Å². The highest BCUT2D eigenvalue weighted by atomic mass is 35.5. The molecule has 16 heavy (non-hydrogen) atoms. The lowest BCUT2D eigenvalue weighted by Crippen LogP contribution is -2.14. The Bertz CT molecular complexity index is 392. The van der Waals surface area contributed by atoms with E-state index in [2.05, 4.69) is 4.74 Å². The third kappa shape index (κ3) is 4.56. The largest absolute Gasteiger partial charge is 0.467 e. The second-order valence-electron chi connectivity index (χ2n) is 3.09. The molecule has 0 heterocycles. The van der Waals surface area contributed by atoms with Crippen LogP contribution in [0.3, 0.4) is 0 Å². The predicted octanol–water partition coefficient (Wildman–Crippen LogP) is 2.64. The number of rotatable bonds is 6. The molecule has 1 aromatic rings. The van der Waals surface area contributed by atoms with Gasteiger partial charge in [-0.1, -0.05) is 23.7 Å². The minimum atomic E-state index is -0.0614. The quantitative estimate of drug-likeness (QED) is 0.579. The first-order valence-corrected chi connectivity index (χ1v) is 5.86. The van der Waals surface area contributed by atoms with Gasteiger partial charge in [-0.05, 0) is 35.9 Å². The second kappa shape index (κ2) is 7.15. The number of thiocyanates is 1. The molecule has 0 amide bonds. The van der Waals surface area contributed by atoms with Crippen molar-refractivity contribution in [2.75, 3.05) is 6.61 Å². The highest BCUT2D eigenvalue weighted by Gasteiger charge is 2.11. The number of hydrogen-bond donors (Lipinski definition) is 0. The van der Waals surface area contributed by atoms with Crippen molar-refractivity contribution in [1.82, 2.24) is 0 Å². The molecule has 0 unspecified atom stereocenters. The minimum Gasteiger partial charge on any atom is -0.467 e. The molecule has 0 aliphatic rings. The van der Waals surface area contributed by atoms with Crippen molar-refractivity contribution in [2.45, 2.75) is 11.7 Å². The maximum absolute atomic E-state index is 10.1. The number of halogens is 1. The molecule has 0 radical (unpaired) electrons. The lowest BCUT2D eigenvalue weighted by Gasteiger charge is -2.11. The van der Waals surface area contributed by atoms with Crippen LogP contribution >= 0.6 is 23.4 Å². The highest BCUT2D eigenvalue weighted by molar-refractivity contribution is 8.04. The zero-order chi connectivity index (χ0) is 11.8. The predicted molar refractivity (Wildman–Crippen MR) is 64.2 cm³/mol. The Morgan fingerprint density at radius 1 is 1.62 bits per heavy atom. The molecule has 3 nitrogen and oxygen atoms in total. The number of carbonyl (C=O) groups is 1. The first-order chi connectivity index (χ1) is 7.76. The van der Waals surface area contributed by atoms with Crippen LogP contribution in [0.25, 0.3) is 0 Å². The van der Waals surface area contributed by atoms with Gasteiger partial charge in [-0.25, -0.2) is 0 Å².